The van der Waals surface area contributed by atoms with Crippen molar-refractivity contribution >= 4 is 51.7 Å². The summed E-state index contributed by atoms with van der Waals surface area (Å²) in [6.07, 6.45) is 1.48. The van der Waals surface area contributed by atoms with Crippen LogP contribution in [0.5, 0.6) is 17.2 Å². The van der Waals surface area contributed by atoms with Crippen molar-refractivity contribution < 1.29 is 33.3 Å². The minimum absolute atomic E-state index is 0.128. The summed E-state index contributed by atoms with van der Waals surface area (Å²) >= 11 is 2.11. The van der Waals surface area contributed by atoms with E-state index in [0.29, 0.717) is 40.6 Å². The summed E-state index contributed by atoms with van der Waals surface area (Å²) in [6.45, 7) is 2.61. The number of methoxy groups -OCH3 is 1. The van der Waals surface area contributed by atoms with E-state index in [0.717, 1.165) is 8.96 Å². The normalized spacial score (nSPS) is 11.0. The number of aromatic carboxylic acids is 1. The Morgan fingerprint density at radius 1 is 1.11 bits per heavy atom. The molecule has 4 aromatic rings. The first-order chi connectivity index (χ1) is 17.9. The van der Waals surface area contributed by atoms with Crippen LogP contribution in [0.1, 0.15) is 39.0 Å². The quantitative estimate of drug-likeness (QED) is 0.138. The molecule has 2 N–H and O–H groups in total. The van der Waals surface area contributed by atoms with Crippen LogP contribution in [-0.2, 0) is 6.61 Å². The van der Waals surface area contributed by atoms with Gasteiger partial charge in [-0.05, 0) is 89.2 Å². The van der Waals surface area contributed by atoms with E-state index in [9.17, 15) is 14.7 Å². The number of halogens is 1. The van der Waals surface area contributed by atoms with Crippen LogP contribution in [0.3, 0.4) is 0 Å². The highest BCUT2D eigenvalue weighted by atomic mass is 127. The molecule has 0 atom stereocenters. The molecule has 0 saturated carbocycles. The van der Waals surface area contributed by atoms with E-state index < -0.39 is 11.9 Å². The van der Waals surface area contributed by atoms with Crippen molar-refractivity contribution in [3.8, 4) is 17.2 Å². The number of hydrogen-bond acceptors (Lipinski definition) is 7. The summed E-state index contributed by atoms with van der Waals surface area (Å²) in [5.41, 5.74) is 4.61. The molecule has 0 aliphatic rings. The van der Waals surface area contributed by atoms with Gasteiger partial charge in [-0.3, -0.25) is 4.79 Å². The maximum Gasteiger partial charge on any atom is 0.335 e. The molecule has 0 saturated heterocycles. The van der Waals surface area contributed by atoms with Gasteiger partial charge < -0.3 is 23.7 Å². The number of carbonyl (C=O) groups is 2. The first-order valence-electron chi connectivity index (χ1n) is 11.2. The molecule has 1 aromatic heterocycles. The van der Waals surface area contributed by atoms with Crippen LogP contribution in [0, 0.1) is 3.57 Å². The molecular weight excluding hydrogens is 591 g/mol. The second-order valence-corrected chi connectivity index (χ2v) is 8.93. The van der Waals surface area contributed by atoms with E-state index in [4.69, 9.17) is 18.6 Å². The van der Waals surface area contributed by atoms with E-state index in [2.05, 4.69) is 33.1 Å². The molecule has 10 heteroatoms. The van der Waals surface area contributed by atoms with Crippen molar-refractivity contribution in [1.82, 2.24) is 5.43 Å². The molecule has 0 fully saturated rings. The van der Waals surface area contributed by atoms with Gasteiger partial charge >= 0.3 is 11.9 Å². The van der Waals surface area contributed by atoms with Gasteiger partial charge in [-0.15, -0.1) is 0 Å². The molecule has 3 aromatic carbocycles. The van der Waals surface area contributed by atoms with Gasteiger partial charge in [-0.1, -0.05) is 12.1 Å². The number of nitrogens with one attached hydrogen (secondary N) is 1. The van der Waals surface area contributed by atoms with Crippen LogP contribution in [0.4, 0.5) is 0 Å². The Balaban J connectivity index is 1.43. The second kappa shape index (κ2) is 11.8. The monoisotopic (exact) mass is 614 g/mol. The van der Waals surface area contributed by atoms with Gasteiger partial charge in [-0.2, -0.15) is 5.10 Å². The van der Waals surface area contributed by atoms with Crippen LogP contribution in [0.25, 0.3) is 11.0 Å². The lowest BCUT2D eigenvalue weighted by Gasteiger charge is -2.14. The fraction of sp³-hybridized carbons (Fsp3) is 0.148. The molecule has 190 valence electrons. The van der Waals surface area contributed by atoms with Gasteiger partial charge in [0, 0.05) is 5.39 Å². The molecule has 9 nitrogen and oxygen atoms in total. The molecule has 0 aliphatic heterocycles. The average molecular weight is 614 g/mol. The number of fused-ring (bicyclic) bond motifs is 1. The van der Waals surface area contributed by atoms with E-state index in [1.54, 1.807) is 42.5 Å². The molecular formula is C27H23IN2O7. The molecule has 0 radical (unpaired) electrons. The van der Waals surface area contributed by atoms with Gasteiger partial charge in [0.1, 0.15) is 17.9 Å². The molecule has 1 heterocycles. The van der Waals surface area contributed by atoms with Crippen molar-refractivity contribution in [2.45, 2.75) is 13.5 Å². The van der Waals surface area contributed by atoms with Crippen LogP contribution in [-0.4, -0.2) is 36.9 Å². The predicted molar refractivity (Wildman–Crippen MR) is 146 cm³/mol. The van der Waals surface area contributed by atoms with Crippen molar-refractivity contribution in [1.29, 1.82) is 0 Å². The number of carboxylic acid groups (broad SMARTS) is 1. The van der Waals surface area contributed by atoms with Crippen LogP contribution in [0.15, 0.2) is 70.2 Å². The standard InChI is InChI=1S/C27H23IN2O7/c1-3-35-20-7-8-22-19(12-20)13-24(37-22)26(31)30-29-14-17-10-21(28)25(23(11-17)34-2)36-15-16-5-4-6-18(9-16)27(32)33/h4-14H,3,15H2,1-2H3,(H,30,31)(H,32,33)/b29-14+. The van der Waals surface area contributed by atoms with E-state index in [-0.39, 0.29) is 17.9 Å². The Bertz CT molecular complexity index is 1480. The average Bonchev–Trinajstić information content (AvgIpc) is 3.32. The number of hydrogen-bond donors (Lipinski definition) is 2. The third-order valence-electron chi connectivity index (χ3n) is 5.21. The lowest BCUT2D eigenvalue weighted by atomic mass is 10.1. The largest absolute Gasteiger partial charge is 0.494 e. The summed E-state index contributed by atoms with van der Waals surface area (Å²) < 4.78 is 23.2. The number of nitrogens with zero attached hydrogens (tertiary/aromatic N) is 1. The number of ether oxygens (including phenoxy) is 3. The zero-order valence-electron chi connectivity index (χ0n) is 20.0. The number of rotatable bonds is 10. The van der Waals surface area contributed by atoms with Crippen LogP contribution in [0.2, 0.25) is 0 Å². The van der Waals surface area contributed by atoms with Crippen molar-refractivity contribution in [2.24, 2.45) is 5.10 Å². The zero-order valence-corrected chi connectivity index (χ0v) is 22.1. The molecule has 0 bridgehead atoms. The predicted octanol–water partition coefficient (Wildman–Crippen LogP) is 5.49. The summed E-state index contributed by atoms with van der Waals surface area (Å²) in [5.74, 6) is 0.320. The molecule has 1 amide bonds. The Hall–Kier alpha value is -4.06. The van der Waals surface area contributed by atoms with Crippen LogP contribution >= 0.6 is 22.6 Å². The summed E-state index contributed by atoms with van der Waals surface area (Å²) in [7, 11) is 1.52. The topological polar surface area (TPSA) is 120 Å². The van der Waals surface area contributed by atoms with Crippen molar-refractivity contribution in [3.05, 3.63) is 86.7 Å². The summed E-state index contributed by atoms with van der Waals surface area (Å²) in [5, 5.41) is 14.0. The Morgan fingerprint density at radius 3 is 2.70 bits per heavy atom. The Labute approximate surface area is 226 Å². The SMILES string of the molecule is CCOc1ccc2oc(C(=O)N/N=C/c3cc(I)c(OCc4cccc(C(=O)O)c4)c(OC)c3)cc2c1. The number of hydrazone groups is 1. The van der Waals surface area contributed by atoms with Crippen molar-refractivity contribution in [3.63, 3.8) is 0 Å². The fourth-order valence-corrected chi connectivity index (χ4v) is 4.30. The van der Waals surface area contributed by atoms with Gasteiger partial charge in [0.25, 0.3) is 0 Å². The van der Waals surface area contributed by atoms with Gasteiger partial charge in [-0.25, -0.2) is 10.2 Å². The summed E-state index contributed by atoms with van der Waals surface area (Å²) in [4.78, 5) is 23.7. The maximum atomic E-state index is 12.5. The first-order valence-corrected chi connectivity index (χ1v) is 12.3. The Kier molecular flexibility index (Phi) is 8.29. The molecule has 37 heavy (non-hydrogen) atoms. The van der Waals surface area contributed by atoms with Crippen molar-refractivity contribution in [2.75, 3.05) is 13.7 Å². The number of furan rings is 1. The minimum atomic E-state index is -0.999. The van der Waals surface area contributed by atoms with Gasteiger partial charge in [0.2, 0.25) is 0 Å². The highest BCUT2D eigenvalue weighted by Crippen LogP contribution is 2.34. The molecule has 4 rings (SSSR count). The summed E-state index contributed by atoms with van der Waals surface area (Å²) in [6, 6.07) is 17.1. The minimum Gasteiger partial charge on any atom is -0.494 e. The third-order valence-corrected chi connectivity index (χ3v) is 6.01. The smallest absolute Gasteiger partial charge is 0.335 e. The highest BCUT2D eigenvalue weighted by Gasteiger charge is 2.14. The maximum absolute atomic E-state index is 12.5. The number of amides is 1. The highest BCUT2D eigenvalue weighted by molar-refractivity contribution is 14.1. The van der Waals surface area contributed by atoms with E-state index >= 15 is 0 Å². The lowest BCUT2D eigenvalue weighted by Crippen LogP contribution is -2.16. The van der Waals surface area contributed by atoms with Crippen LogP contribution < -0.4 is 19.6 Å². The number of carbonyl (C=O) groups excluding carboxylic acids is 1. The third kappa shape index (κ3) is 6.39. The number of carboxylic acids is 1. The van der Waals surface area contributed by atoms with E-state index in [1.165, 1.54) is 19.4 Å². The second-order valence-electron chi connectivity index (χ2n) is 7.77. The lowest BCUT2D eigenvalue weighted by molar-refractivity contribution is 0.0696. The number of benzene rings is 3. The van der Waals surface area contributed by atoms with E-state index in [1.807, 2.05) is 19.1 Å². The molecule has 0 aliphatic carbocycles. The Morgan fingerprint density at radius 2 is 1.95 bits per heavy atom. The molecule has 0 unspecified atom stereocenters. The fourth-order valence-electron chi connectivity index (χ4n) is 3.51. The first kappa shape index (κ1) is 26.0. The zero-order chi connectivity index (χ0) is 26.4. The molecule has 0 spiro atoms. The van der Waals surface area contributed by atoms with Gasteiger partial charge in [0.15, 0.2) is 17.3 Å². The van der Waals surface area contributed by atoms with Gasteiger partial charge in [0.05, 0.1) is 29.1 Å².